The standard InChI is InChI=1S/C11H20N4O2/c1-2-6-16-9-4-3-5-15(8-9)11-14-13-10(7-12)17-11/h9H,2-8,12H2,1H3. The zero-order valence-corrected chi connectivity index (χ0v) is 10.3. The Kier molecular flexibility index (Phi) is 4.33. The Morgan fingerprint density at radius 2 is 2.41 bits per heavy atom. The summed E-state index contributed by atoms with van der Waals surface area (Å²) < 4.78 is 11.2. The summed E-state index contributed by atoms with van der Waals surface area (Å²) in [6.07, 6.45) is 3.52. The molecule has 0 amide bonds. The van der Waals surface area contributed by atoms with Gasteiger partial charge in [0.05, 0.1) is 12.6 Å². The van der Waals surface area contributed by atoms with E-state index in [1.165, 1.54) is 0 Å². The van der Waals surface area contributed by atoms with Gasteiger partial charge in [0.1, 0.15) is 0 Å². The molecule has 2 N–H and O–H groups in total. The van der Waals surface area contributed by atoms with Crippen molar-refractivity contribution in [1.29, 1.82) is 0 Å². The van der Waals surface area contributed by atoms with Crippen LogP contribution in [0.1, 0.15) is 32.1 Å². The van der Waals surface area contributed by atoms with Crippen molar-refractivity contribution in [3.05, 3.63) is 5.89 Å². The van der Waals surface area contributed by atoms with E-state index in [0.29, 0.717) is 11.9 Å². The smallest absolute Gasteiger partial charge is 0.318 e. The highest BCUT2D eigenvalue weighted by Gasteiger charge is 2.23. The number of aromatic nitrogens is 2. The molecule has 6 heteroatoms. The van der Waals surface area contributed by atoms with Gasteiger partial charge in [-0.2, -0.15) is 0 Å². The molecule has 1 saturated heterocycles. The molecule has 1 aliphatic rings. The van der Waals surface area contributed by atoms with E-state index in [0.717, 1.165) is 39.0 Å². The number of nitrogens with zero attached hydrogens (tertiary/aromatic N) is 3. The molecule has 2 heterocycles. The summed E-state index contributed by atoms with van der Waals surface area (Å²) in [5.41, 5.74) is 5.45. The third-order valence-corrected chi connectivity index (χ3v) is 2.84. The molecule has 0 aliphatic carbocycles. The van der Waals surface area contributed by atoms with Crippen molar-refractivity contribution in [3.63, 3.8) is 0 Å². The van der Waals surface area contributed by atoms with Gasteiger partial charge in [0.2, 0.25) is 5.89 Å². The number of rotatable bonds is 5. The second kappa shape index (κ2) is 5.97. The summed E-state index contributed by atoms with van der Waals surface area (Å²) in [6.45, 7) is 4.99. The molecule has 0 bridgehead atoms. The average molecular weight is 240 g/mol. The number of hydrogen-bond acceptors (Lipinski definition) is 6. The number of piperidine rings is 1. The van der Waals surface area contributed by atoms with E-state index in [-0.39, 0.29) is 12.6 Å². The first kappa shape index (κ1) is 12.3. The van der Waals surface area contributed by atoms with Crippen molar-refractivity contribution >= 4 is 6.01 Å². The van der Waals surface area contributed by atoms with Gasteiger partial charge in [-0.15, -0.1) is 5.10 Å². The zero-order chi connectivity index (χ0) is 12.1. The van der Waals surface area contributed by atoms with Crippen LogP contribution in [0, 0.1) is 0 Å². The number of nitrogens with two attached hydrogens (primary N) is 1. The van der Waals surface area contributed by atoms with Gasteiger partial charge in [-0.1, -0.05) is 12.0 Å². The minimum atomic E-state index is 0.275. The van der Waals surface area contributed by atoms with E-state index >= 15 is 0 Å². The Morgan fingerprint density at radius 3 is 3.12 bits per heavy atom. The van der Waals surface area contributed by atoms with Crippen LogP contribution in [0.4, 0.5) is 6.01 Å². The summed E-state index contributed by atoms with van der Waals surface area (Å²) in [5, 5.41) is 7.87. The first-order chi connectivity index (χ1) is 8.33. The van der Waals surface area contributed by atoms with Gasteiger partial charge in [-0.25, -0.2) is 0 Å². The van der Waals surface area contributed by atoms with E-state index in [1.54, 1.807) is 0 Å². The van der Waals surface area contributed by atoms with Crippen LogP contribution in [-0.2, 0) is 11.3 Å². The summed E-state index contributed by atoms with van der Waals surface area (Å²) >= 11 is 0. The summed E-state index contributed by atoms with van der Waals surface area (Å²) in [6, 6.07) is 0.565. The molecular weight excluding hydrogens is 220 g/mol. The average Bonchev–Trinajstić information content (AvgIpc) is 2.85. The van der Waals surface area contributed by atoms with Crippen LogP contribution in [0.25, 0.3) is 0 Å². The van der Waals surface area contributed by atoms with Crippen LogP contribution in [0.2, 0.25) is 0 Å². The predicted molar refractivity (Wildman–Crippen MR) is 63.7 cm³/mol. The topological polar surface area (TPSA) is 77.4 Å². The van der Waals surface area contributed by atoms with E-state index in [4.69, 9.17) is 14.9 Å². The lowest BCUT2D eigenvalue weighted by Crippen LogP contribution is -2.40. The van der Waals surface area contributed by atoms with Gasteiger partial charge < -0.3 is 19.8 Å². The van der Waals surface area contributed by atoms with Crippen molar-refractivity contribution in [2.75, 3.05) is 24.6 Å². The quantitative estimate of drug-likeness (QED) is 0.824. The lowest BCUT2D eigenvalue weighted by molar-refractivity contribution is 0.0430. The molecule has 0 spiro atoms. The van der Waals surface area contributed by atoms with Crippen molar-refractivity contribution in [2.45, 2.75) is 38.8 Å². The highest BCUT2D eigenvalue weighted by atomic mass is 16.5. The van der Waals surface area contributed by atoms with Crippen molar-refractivity contribution in [1.82, 2.24) is 10.2 Å². The Balaban J connectivity index is 1.92. The largest absolute Gasteiger partial charge is 0.407 e. The van der Waals surface area contributed by atoms with Crippen LogP contribution in [0.3, 0.4) is 0 Å². The molecule has 1 atom stereocenters. The zero-order valence-electron chi connectivity index (χ0n) is 10.3. The maximum absolute atomic E-state index is 5.76. The monoisotopic (exact) mass is 240 g/mol. The minimum absolute atomic E-state index is 0.275. The van der Waals surface area contributed by atoms with Crippen LogP contribution >= 0.6 is 0 Å². The molecule has 96 valence electrons. The highest BCUT2D eigenvalue weighted by Crippen LogP contribution is 2.20. The van der Waals surface area contributed by atoms with Gasteiger partial charge in [0, 0.05) is 19.7 Å². The second-order valence-electron chi connectivity index (χ2n) is 4.26. The van der Waals surface area contributed by atoms with Gasteiger partial charge in [-0.05, 0) is 19.3 Å². The molecule has 0 aromatic carbocycles. The molecule has 1 fully saturated rings. The predicted octanol–water partition coefficient (Wildman–Crippen LogP) is 0.924. The molecule has 1 aromatic heterocycles. The molecule has 1 aromatic rings. The third kappa shape index (κ3) is 3.17. The molecule has 0 saturated carbocycles. The van der Waals surface area contributed by atoms with Crippen LogP contribution in [0.15, 0.2) is 4.42 Å². The number of anilines is 1. The van der Waals surface area contributed by atoms with Crippen molar-refractivity contribution in [2.24, 2.45) is 5.73 Å². The normalized spacial score (nSPS) is 20.8. The fourth-order valence-electron chi connectivity index (χ4n) is 1.99. The minimum Gasteiger partial charge on any atom is -0.407 e. The first-order valence-corrected chi connectivity index (χ1v) is 6.22. The lowest BCUT2D eigenvalue weighted by Gasteiger charge is -2.31. The van der Waals surface area contributed by atoms with Gasteiger partial charge in [-0.3, -0.25) is 0 Å². The Labute approximate surface area is 101 Å². The van der Waals surface area contributed by atoms with Crippen LogP contribution < -0.4 is 10.6 Å². The van der Waals surface area contributed by atoms with Gasteiger partial charge in [0.15, 0.2) is 0 Å². The molecule has 17 heavy (non-hydrogen) atoms. The molecular formula is C11H20N4O2. The second-order valence-corrected chi connectivity index (χ2v) is 4.26. The molecule has 1 unspecified atom stereocenters. The summed E-state index contributed by atoms with van der Waals surface area (Å²) in [7, 11) is 0. The molecule has 0 radical (unpaired) electrons. The Morgan fingerprint density at radius 1 is 1.53 bits per heavy atom. The summed E-state index contributed by atoms with van der Waals surface area (Å²) in [4.78, 5) is 2.08. The highest BCUT2D eigenvalue weighted by molar-refractivity contribution is 5.25. The summed E-state index contributed by atoms with van der Waals surface area (Å²) in [5.74, 6) is 0.483. The van der Waals surface area contributed by atoms with E-state index in [1.807, 2.05) is 0 Å². The fraction of sp³-hybridized carbons (Fsp3) is 0.818. The molecule has 1 aliphatic heterocycles. The Hall–Kier alpha value is -1.14. The van der Waals surface area contributed by atoms with E-state index in [2.05, 4.69) is 22.0 Å². The van der Waals surface area contributed by atoms with Gasteiger partial charge >= 0.3 is 6.01 Å². The number of ether oxygens (including phenoxy) is 1. The van der Waals surface area contributed by atoms with E-state index in [9.17, 15) is 0 Å². The maximum Gasteiger partial charge on any atom is 0.318 e. The van der Waals surface area contributed by atoms with E-state index < -0.39 is 0 Å². The van der Waals surface area contributed by atoms with Crippen LogP contribution in [0.5, 0.6) is 0 Å². The van der Waals surface area contributed by atoms with Crippen molar-refractivity contribution in [3.8, 4) is 0 Å². The maximum atomic E-state index is 5.76. The van der Waals surface area contributed by atoms with Crippen LogP contribution in [-0.4, -0.2) is 36.0 Å². The van der Waals surface area contributed by atoms with Crippen molar-refractivity contribution < 1.29 is 9.15 Å². The Bertz CT molecular complexity index is 342. The van der Waals surface area contributed by atoms with Gasteiger partial charge in [0.25, 0.3) is 0 Å². The molecule has 2 rings (SSSR count). The SMILES string of the molecule is CCCOC1CCCN(c2nnc(CN)o2)C1. The first-order valence-electron chi connectivity index (χ1n) is 6.22. The lowest BCUT2D eigenvalue weighted by atomic mass is 10.1. The third-order valence-electron chi connectivity index (χ3n) is 2.84. The number of hydrogen-bond donors (Lipinski definition) is 1. The molecule has 6 nitrogen and oxygen atoms in total. The fourth-order valence-corrected chi connectivity index (χ4v) is 1.99.